The molecule has 7 nitrogen and oxygen atoms in total. The molecule has 7 heteroatoms. The number of nitrogens with two attached hydrogens (primary N) is 1. The first-order chi connectivity index (χ1) is 10.2. The zero-order valence-electron chi connectivity index (χ0n) is 12.5. The molecule has 0 heterocycles. The summed E-state index contributed by atoms with van der Waals surface area (Å²) < 4.78 is 15.5. The molecule has 0 aliphatic heterocycles. The van der Waals surface area contributed by atoms with Crippen LogP contribution in [0.4, 0.5) is 0 Å². The highest BCUT2D eigenvalue weighted by atomic mass is 16.5. The van der Waals surface area contributed by atoms with E-state index in [1.54, 1.807) is 26.4 Å². The Labute approximate surface area is 124 Å². The quantitative estimate of drug-likeness (QED) is 0.192. The average Bonchev–Trinajstić information content (AvgIpc) is 2.53. The van der Waals surface area contributed by atoms with Gasteiger partial charge in [-0.15, -0.1) is 0 Å². The van der Waals surface area contributed by atoms with E-state index < -0.39 is 0 Å². The lowest BCUT2D eigenvalue weighted by Gasteiger charge is -2.11. The lowest BCUT2D eigenvalue weighted by Crippen LogP contribution is -2.21. The summed E-state index contributed by atoms with van der Waals surface area (Å²) in [6.07, 6.45) is 0. The van der Waals surface area contributed by atoms with Crippen LogP contribution in [0, 0.1) is 0 Å². The van der Waals surface area contributed by atoms with Crippen molar-refractivity contribution in [1.29, 1.82) is 0 Å². The monoisotopic (exact) mass is 297 g/mol. The van der Waals surface area contributed by atoms with E-state index in [0.29, 0.717) is 38.5 Å². The molecule has 0 bridgehead atoms. The number of benzene rings is 1. The summed E-state index contributed by atoms with van der Waals surface area (Å²) in [6, 6.07) is 5.36. The van der Waals surface area contributed by atoms with Crippen LogP contribution in [0.2, 0.25) is 0 Å². The van der Waals surface area contributed by atoms with E-state index in [1.165, 1.54) is 0 Å². The lowest BCUT2D eigenvalue weighted by atomic mass is 10.1. The predicted molar refractivity (Wildman–Crippen MR) is 79.9 cm³/mol. The fourth-order valence-corrected chi connectivity index (χ4v) is 1.75. The van der Waals surface area contributed by atoms with E-state index in [0.717, 1.165) is 11.3 Å². The van der Waals surface area contributed by atoms with Crippen molar-refractivity contribution < 1.29 is 19.4 Å². The molecule has 0 amide bonds. The molecular formula is C14H23N3O4. The van der Waals surface area contributed by atoms with Gasteiger partial charge in [0.05, 0.1) is 26.9 Å². The molecule has 0 saturated heterocycles. The Morgan fingerprint density at radius 3 is 2.76 bits per heavy atom. The van der Waals surface area contributed by atoms with Gasteiger partial charge in [0.2, 0.25) is 0 Å². The van der Waals surface area contributed by atoms with Crippen molar-refractivity contribution in [2.24, 2.45) is 10.9 Å². The molecule has 118 valence electrons. The van der Waals surface area contributed by atoms with Gasteiger partial charge < -0.3 is 30.5 Å². The summed E-state index contributed by atoms with van der Waals surface area (Å²) in [5, 5.41) is 15.0. The lowest BCUT2D eigenvalue weighted by molar-refractivity contribution is 0.0719. The van der Waals surface area contributed by atoms with Crippen LogP contribution < -0.4 is 15.8 Å². The van der Waals surface area contributed by atoms with Crippen molar-refractivity contribution in [2.75, 3.05) is 40.6 Å². The second-order valence-corrected chi connectivity index (χ2v) is 4.29. The van der Waals surface area contributed by atoms with Crippen molar-refractivity contribution in [3.05, 3.63) is 29.3 Å². The van der Waals surface area contributed by atoms with Crippen molar-refractivity contribution >= 4 is 5.84 Å². The van der Waals surface area contributed by atoms with Crippen molar-refractivity contribution in [1.82, 2.24) is 5.32 Å². The van der Waals surface area contributed by atoms with Crippen LogP contribution in [-0.4, -0.2) is 51.6 Å². The number of hydrogen-bond donors (Lipinski definition) is 3. The summed E-state index contributed by atoms with van der Waals surface area (Å²) in [7, 11) is 3.25. The highest BCUT2D eigenvalue weighted by molar-refractivity contribution is 5.97. The molecule has 0 fully saturated rings. The molecule has 0 saturated carbocycles. The van der Waals surface area contributed by atoms with Gasteiger partial charge in [-0.2, -0.15) is 0 Å². The number of methoxy groups -OCH3 is 2. The third-order valence-electron chi connectivity index (χ3n) is 2.85. The Kier molecular flexibility index (Phi) is 8.18. The fraction of sp³-hybridized carbons (Fsp3) is 0.500. The standard InChI is InChI=1S/C14H23N3O4/c1-19-7-8-21-6-5-16-10-12-9-11(14(15)17-18)3-4-13(12)20-2/h3-4,9,16,18H,5-8,10H2,1-2H3,(H2,15,17). The van der Waals surface area contributed by atoms with E-state index in [-0.39, 0.29) is 5.84 Å². The molecule has 1 aromatic rings. The molecule has 21 heavy (non-hydrogen) atoms. The number of oxime groups is 1. The topological polar surface area (TPSA) is 98.3 Å². The van der Waals surface area contributed by atoms with Gasteiger partial charge in [0.15, 0.2) is 5.84 Å². The Hall–Kier alpha value is -1.83. The SMILES string of the molecule is COCCOCCNCc1cc(/C(N)=N/O)ccc1OC. The van der Waals surface area contributed by atoms with Crippen molar-refractivity contribution in [2.45, 2.75) is 6.54 Å². The highest BCUT2D eigenvalue weighted by Crippen LogP contribution is 2.19. The minimum atomic E-state index is 0.0711. The van der Waals surface area contributed by atoms with Crippen LogP contribution in [0.15, 0.2) is 23.4 Å². The summed E-state index contributed by atoms with van der Waals surface area (Å²) >= 11 is 0. The van der Waals surface area contributed by atoms with Gasteiger partial charge >= 0.3 is 0 Å². The van der Waals surface area contributed by atoms with E-state index in [9.17, 15) is 0 Å². The van der Waals surface area contributed by atoms with Crippen LogP contribution in [0.1, 0.15) is 11.1 Å². The number of ether oxygens (including phenoxy) is 3. The van der Waals surface area contributed by atoms with Crippen LogP contribution >= 0.6 is 0 Å². The normalized spacial score (nSPS) is 11.6. The summed E-state index contributed by atoms with van der Waals surface area (Å²) in [5.74, 6) is 0.819. The summed E-state index contributed by atoms with van der Waals surface area (Å²) in [4.78, 5) is 0. The third kappa shape index (κ3) is 5.99. The number of nitrogens with zero attached hydrogens (tertiary/aromatic N) is 1. The Morgan fingerprint density at radius 2 is 2.10 bits per heavy atom. The summed E-state index contributed by atoms with van der Waals surface area (Å²) in [5.41, 5.74) is 7.16. The first-order valence-corrected chi connectivity index (χ1v) is 6.65. The average molecular weight is 297 g/mol. The molecular weight excluding hydrogens is 274 g/mol. The van der Waals surface area contributed by atoms with E-state index in [4.69, 9.17) is 25.2 Å². The van der Waals surface area contributed by atoms with Gasteiger partial charge in [-0.05, 0) is 18.2 Å². The zero-order chi connectivity index (χ0) is 15.5. The van der Waals surface area contributed by atoms with Gasteiger partial charge in [0.1, 0.15) is 5.75 Å². The van der Waals surface area contributed by atoms with Crippen LogP contribution in [0.25, 0.3) is 0 Å². The van der Waals surface area contributed by atoms with Crippen LogP contribution in [-0.2, 0) is 16.0 Å². The Morgan fingerprint density at radius 1 is 1.29 bits per heavy atom. The molecule has 1 aromatic carbocycles. The number of rotatable bonds is 10. The van der Waals surface area contributed by atoms with Gasteiger partial charge in [0.25, 0.3) is 0 Å². The zero-order valence-corrected chi connectivity index (χ0v) is 12.5. The van der Waals surface area contributed by atoms with Crippen molar-refractivity contribution in [3.63, 3.8) is 0 Å². The smallest absolute Gasteiger partial charge is 0.170 e. The summed E-state index contributed by atoms with van der Waals surface area (Å²) in [6.45, 7) is 3.09. The Balaban J connectivity index is 2.49. The molecule has 0 aliphatic rings. The molecule has 0 atom stereocenters. The maximum atomic E-state index is 8.71. The van der Waals surface area contributed by atoms with Crippen LogP contribution in [0.3, 0.4) is 0 Å². The molecule has 0 aromatic heterocycles. The third-order valence-corrected chi connectivity index (χ3v) is 2.85. The van der Waals surface area contributed by atoms with Crippen LogP contribution in [0.5, 0.6) is 5.75 Å². The minimum Gasteiger partial charge on any atom is -0.496 e. The minimum absolute atomic E-state index is 0.0711. The maximum Gasteiger partial charge on any atom is 0.170 e. The first kappa shape index (κ1) is 17.2. The van der Waals surface area contributed by atoms with E-state index >= 15 is 0 Å². The molecule has 0 unspecified atom stereocenters. The van der Waals surface area contributed by atoms with Gasteiger partial charge in [-0.25, -0.2) is 0 Å². The number of nitrogens with one attached hydrogen (secondary N) is 1. The number of amidine groups is 1. The second kappa shape index (κ2) is 9.98. The van der Waals surface area contributed by atoms with Crippen molar-refractivity contribution in [3.8, 4) is 5.75 Å². The van der Waals surface area contributed by atoms with Gasteiger partial charge in [-0.3, -0.25) is 0 Å². The molecule has 1 rings (SSSR count). The fourth-order valence-electron chi connectivity index (χ4n) is 1.75. The molecule has 0 aliphatic carbocycles. The van der Waals surface area contributed by atoms with E-state index in [1.807, 2.05) is 6.07 Å². The van der Waals surface area contributed by atoms with Gasteiger partial charge in [-0.1, -0.05) is 5.16 Å². The molecule has 0 radical (unpaired) electrons. The maximum absolute atomic E-state index is 8.71. The molecule has 0 spiro atoms. The predicted octanol–water partition coefficient (Wildman–Crippen LogP) is 0.542. The second-order valence-electron chi connectivity index (χ2n) is 4.29. The molecule has 4 N–H and O–H groups in total. The Bertz CT molecular complexity index is 452. The first-order valence-electron chi connectivity index (χ1n) is 6.65. The van der Waals surface area contributed by atoms with Gasteiger partial charge in [0, 0.05) is 31.3 Å². The largest absolute Gasteiger partial charge is 0.496 e. The highest BCUT2D eigenvalue weighted by Gasteiger charge is 2.07. The van der Waals surface area contributed by atoms with E-state index in [2.05, 4.69) is 10.5 Å². The number of hydrogen-bond acceptors (Lipinski definition) is 6.